The first-order valence-electron chi connectivity index (χ1n) is 9.74. The van der Waals surface area contributed by atoms with Gasteiger partial charge in [0.1, 0.15) is 12.4 Å². The molecule has 0 fully saturated rings. The predicted molar refractivity (Wildman–Crippen MR) is 120 cm³/mol. The minimum atomic E-state index is -0.566. The first-order valence-corrected chi connectivity index (χ1v) is 9.74. The molecule has 8 heteroatoms. The van der Waals surface area contributed by atoms with E-state index in [1.54, 1.807) is 42.5 Å². The zero-order valence-corrected chi connectivity index (χ0v) is 17.5. The molecule has 8 nitrogen and oxygen atoms in total. The van der Waals surface area contributed by atoms with Crippen LogP contribution in [0.3, 0.4) is 0 Å². The number of amides is 2. The highest BCUT2D eigenvalue weighted by molar-refractivity contribution is 5.95. The van der Waals surface area contributed by atoms with Crippen molar-refractivity contribution in [2.24, 2.45) is 10.8 Å². The fraction of sp³-hybridized carbons (Fsp3) is 0.125. The van der Waals surface area contributed by atoms with Crippen LogP contribution in [-0.4, -0.2) is 31.7 Å². The fourth-order valence-corrected chi connectivity index (χ4v) is 2.73. The summed E-state index contributed by atoms with van der Waals surface area (Å²) in [5.41, 5.74) is 9.59. The average molecular weight is 433 g/mol. The van der Waals surface area contributed by atoms with Gasteiger partial charge in [0.05, 0.1) is 13.3 Å². The lowest BCUT2D eigenvalue weighted by Gasteiger charge is -2.12. The van der Waals surface area contributed by atoms with E-state index in [4.69, 9.17) is 19.9 Å². The molecular formula is C24H23N3O5. The maximum absolute atomic E-state index is 12.4. The highest BCUT2D eigenvalue weighted by atomic mass is 16.5. The van der Waals surface area contributed by atoms with Gasteiger partial charge in [-0.25, -0.2) is 5.43 Å². The Kier molecular flexibility index (Phi) is 7.80. The molecule has 0 radical (unpaired) electrons. The first-order chi connectivity index (χ1) is 15.5. The smallest absolute Gasteiger partial charge is 0.271 e. The Morgan fingerprint density at radius 2 is 1.78 bits per heavy atom. The second-order valence-electron chi connectivity index (χ2n) is 6.67. The lowest BCUT2D eigenvalue weighted by Crippen LogP contribution is -2.20. The van der Waals surface area contributed by atoms with E-state index in [1.165, 1.54) is 13.3 Å². The molecule has 0 aromatic heterocycles. The number of nitrogens with two attached hydrogens (primary N) is 1. The van der Waals surface area contributed by atoms with Crippen LogP contribution >= 0.6 is 0 Å². The predicted octanol–water partition coefficient (Wildman–Crippen LogP) is 2.90. The molecule has 3 aromatic rings. The molecule has 2 amide bonds. The monoisotopic (exact) mass is 433 g/mol. The number of primary amides is 1. The van der Waals surface area contributed by atoms with Crippen molar-refractivity contribution in [3.63, 3.8) is 0 Å². The Balaban J connectivity index is 1.60. The summed E-state index contributed by atoms with van der Waals surface area (Å²) in [5.74, 6) is 0.467. The molecule has 0 aliphatic heterocycles. The van der Waals surface area contributed by atoms with Gasteiger partial charge in [0.2, 0.25) is 0 Å². The molecule has 0 bridgehead atoms. The number of benzene rings is 3. The minimum absolute atomic E-state index is 0.218. The summed E-state index contributed by atoms with van der Waals surface area (Å²) in [6.07, 6.45) is 1.46. The van der Waals surface area contributed by atoms with E-state index in [0.29, 0.717) is 35.0 Å². The highest BCUT2D eigenvalue weighted by Gasteiger charge is 2.11. The van der Waals surface area contributed by atoms with Crippen molar-refractivity contribution in [1.82, 2.24) is 5.43 Å². The molecule has 0 saturated carbocycles. The van der Waals surface area contributed by atoms with Gasteiger partial charge in [-0.2, -0.15) is 5.10 Å². The Hall–Kier alpha value is -4.33. The number of carbonyl (C=O) groups excluding carboxylic acids is 2. The average Bonchev–Trinajstić information content (AvgIpc) is 2.82. The summed E-state index contributed by atoms with van der Waals surface area (Å²) in [6.45, 7) is 0.166. The lowest BCUT2D eigenvalue weighted by atomic mass is 10.2. The Bertz CT molecular complexity index is 1100. The largest absolute Gasteiger partial charge is 0.493 e. The third kappa shape index (κ3) is 6.60. The fourth-order valence-electron chi connectivity index (χ4n) is 2.73. The van der Waals surface area contributed by atoms with Crippen LogP contribution < -0.4 is 25.4 Å². The summed E-state index contributed by atoms with van der Waals surface area (Å²) in [5, 5.41) is 3.96. The maximum atomic E-state index is 12.4. The van der Waals surface area contributed by atoms with E-state index in [9.17, 15) is 9.59 Å². The number of methoxy groups -OCH3 is 1. The van der Waals surface area contributed by atoms with Gasteiger partial charge in [0.15, 0.2) is 18.1 Å². The molecule has 0 aliphatic carbocycles. The molecule has 0 unspecified atom stereocenters. The summed E-state index contributed by atoms with van der Waals surface area (Å²) < 4.78 is 16.4. The summed E-state index contributed by atoms with van der Waals surface area (Å²) in [7, 11) is 1.51. The molecule has 32 heavy (non-hydrogen) atoms. The van der Waals surface area contributed by atoms with Crippen LogP contribution in [0.1, 0.15) is 21.5 Å². The van der Waals surface area contributed by atoms with Crippen LogP contribution in [0, 0.1) is 0 Å². The van der Waals surface area contributed by atoms with E-state index >= 15 is 0 Å². The maximum Gasteiger partial charge on any atom is 0.271 e. The molecule has 0 heterocycles. The number of hydrogen-bond donors (Lipinski definition) is 2. The van der Waals surface area contributed by atoms with Gasteiger partial charge in [0.25, 0.3) is 11.8 Å². The standard InChI is InChI=1S/C24H23N3O5/c1-30-22-13-19(10-11-21(22)32-15-17-6-3-2-4-7-17)24(29)27-26-14-18-8-5-9-20(12-18)31-16-23(25)28/h2-14H,15-16H2,1H3,(H2,25,28)(H,27,29)/b26-14+. The van der Waals surface area contributed by atoms with Crippen molar-refractivity contribution in [2.45, 2.75) is 6.61 Å². The Morgan fingerprint density at radius 1 is 0.969 bits per heavy atom. The summed E-state index contributed by atoms with van der Waals surface area (Å²) >= 11 is 0. The lowest BCUT2D eigenvalue weighted by molar-refractivity contribution is -0.119. The number of ether oxygens (including phenoxy) is 3. The molecule has 3 aromatic carbocycles. The molecule has 0 saturated heterocycles. The van der Waals surface area contributed by atoms with Crippen LogP contribution in [-0.2, 0) is 11.4 Å². The quantitative estimate of drug-likeness (QED) is 0.377. The van der Waals surface area contributed by atoms with Gasteiger partial charge in [-0.15, -0.1) is 0 Å². The van der Waals surface area contributed by atoms with Gasteiger partial charge in [-0.05, 0) is 41.5 Å². The van der Waals surface area contributed by atoms with Crippen molar-refractivity contribution in [2.75, 3.05) is 13.7 Å². The molecule has 0 spiro atoms. The highest BCUT2D eigenvalue weighted by Crippen LogP contribution is 2.28. The second-order valence-corrected chi connectivity index (χ2v) is 6.67. The van der Waals surface area contributed by atoms with Gasteiger partial charge < -0.3 is 19.9 Å². The third-order valence-corrected chi connectivity index (χ3v) is 4.28. The topological polar surface area (TPSA) is 112 Å². The Morgan fingerprint density at radius 3 is 2.53 bits per heavy atom. The van der Waals surface area contributed by atoms with E-state index in [0.717, 1.165) is 5.56 Å². The summed E-state index contributed by atoms with van der Waals surface area (Å²) in [6, 6.07) is 21.5. The van der Waals surface area contributed by atoms with E-state index in [2.05, 4.69) is 10.5 Å². The zero-order chi connectivity index (χ0) is 22.8. The normalized spacial score (nSPS) is 10.5. The van der Waals surface area contributed by atoms with Crippen LogP contribution in [0.5, 0.6) is 17.2 Å². The molecule has 3 N–H and O–H groups in total. The van der Waals surface area contributed by atoms with Gasteiger partial charge >= 0.3 is 0 Å². The third-order valence-electron chi connectivity index (χ3n) is 4.28. The molecule has 0 aliphatic rings. The van der Waals surface area contributed by atoms with E-state index < -0.39 is 11.8 Å². The molecule has 3 rings (SSSR count). The van der Waals surface area contributed by atoms with Crippen LogP contribution in [0.2, 0.25) is 0 Å². The van der Waals surface area contributed by atoms with Crippen LogP contribution in [0.15, 0.2) is 77.9 Å². The summed E-state index contributed by atoms with van der Waals surface area (Å²) in [4.78, 5) is 23.3. The first kappa shape index (κ1) is 22.4. The number of nitrogens with zero attached hydrogens (tertiary/aromatic N) is 1. The van der Waals surface area contributed by atoms with Crippen molar-refractivity contribution in [3.8, 4) is 17.2 Å². The van der Waals surface area contributed by atoms with Crippen LogP contribution in [0.25, 0.3) is 0 Å². The van der Waals surface area contributed by atoms with Crippen molar-refractivity contribution in [1.29, 1.82) is 0 Å². The minimum Gasteiger partial charge on any atom is -0.493 e. The number of rotatable bonds is 10. The van der Waals surface area contributed by atoms with Gasteiger partial charge in [0, 0.05) is 5.56 Å². The molecular weight excluding hydrogens is 410 g/mol. The van der Waals surface area contributed by atoms with Crippen molar-refractivity contribution in [3.05, 3.63) is 89.5 Å². The number of hydrazone groups is 1. The van der Waals surface area contributed by atoms with Crippen molar-refractivity contribution >= 4 is 18.0 Å². The second kappa shape index (κ2) is 11.2. The SMILES string of the molecule is COc1cc(C(=O)N/N=C/c2cccc(OCC(N)=O)c2)ccc1OCc1ccccc1. The van der Waals surface area contributed by atoms with Gasteiger partial charge in [-0.1, -0.05) is 42.5 Å². The number of hydrogen-bond acceptors (Lipinski definition) is 6. The number of carbonyl (C=O) groups is 2. The molecule has 0 atom stereocenters. The van der Waals surface area contributed by atoms with Crippen molar-refractivity contribution < 1.29 is 23.8 Å². The number of nitrogens with one attached hydrogen (secondary N) is 1. The van der Waals surface area contributed by atoms with E-state index in [1.807, 2.05) is 30.3 Å². The zero-order valence-electron chi connectivity index (χ0n) is 17.5. The van der Waals surface area contributed by atoms with E-state index in [-0.39, 0.29) is 6.61 Å². The van der Waals surface area contributed by atoms with Crippen LogP contribution in [0.4, 0.5) is 0 Å². The Labute approximate surface area is 185 Å². The van der Waals surface area contributed by atoms with Gasteiger partial charge in [-0.3, -0.25) is 9.59 Å². The molecule has 164 valence electrons.